The number of halogens is 1. The summed E-state index contributed by atoms with van der Waals surface area (Å²) in [6.07, 6.45) is 1.38. The van der Waals surface area contributed by atoms with Crippen LogP contribution in [0.4, 0.5) is 21.5 Å². The van der Waals surface area contributed by atoms with E-state index in [-0.39, 0.29) is 51.6 Å². The number of hydrogen-bond donors (Lipinski definition) is 6. The minimum Gasteiger partial charge on any atom is -0.394 e. The number of anilines is 3. The number of tetrazole rings is 1. The molecule has 7 N–H and O–H groups in total. The van der Waals surface area contributed by atoms with Crippen LogP contribution in [0.15, 0.2) is 52.1 Å². The van der Waals surface area contributed by atoms with Crippen LogP contribution in [0.2, 0.25) is 0 Å². The molecule has 0 saturated heterocycles. The fraction of sp³-hybridized carbons (Fsp3) is 0.143. The van der Waals surface area contributed by atoms with Gasteiger partial charge < -0.3 is 21.7 Å². The molecule has 2 amide bonds. The average molecular weight is 641 g/mol. The molecule has 230 valence electrons. The maximum absolute atomic E-state index is 14.4. The van der Waals surface area contributed by atoms with Gasteiger partial charge in [-0.25, -0.2) is 18.9 Å². The number of benzene rings is 2. The molecule has 0 radical (unpaired) electrons. The van der Waals surface area contributed by atoms with Crippen molar-refractivity contribution in [3.05, 3.63) is 102 Å². The molecule has 46 heavy (non-hydrogen) atoms. The van der Waals surface area contributed by atoms with Gasteiger partial charge in [0.25, 0.3) is 28.4 Å². The lowest BCUT2D eigenvalue weighted by molar-refractivity contribution is 0.0931. The van der Waals surface area contributed by atoms with Crippen LogP contribution in [-0.4, -0.2) is 52.0 Å². The van der Waals surface area contributed by atoms with Crippen LogP contribution in [0.1, 0.15) is 50.1 Å². The Morgan fingerprint density at radius 2 is 1.93 bits per heavy atom. The molecule has 6 aromatic rings. The molecule has 18 heteroatoms. The number of nitrogens with zero attached hydrogens (tertiary/aromatic N) is 6. The quantitative estimate of drug-likeness (QED) is 0.102. The Labute approximate surface area is 261 Å². The number of carbonyl (C=O) groups excluding carboxylic acids is 2. The number of aryl methyl sites for hydroxylation is 1. The maximum atomic E-state index is 14.4. The lowest BCUT2D eigenvalue weighted by Crippen LogP contribution is -2.36. The number of fused-ring (bicyclic) bond motifs is 2. The number of nitrogens with one attached hydrogen (secondary N) is 5. The fourth-order valence-electron chi connectivity index (χ4n) is 5.34. The zero-order valence-corrected chi connectivity index (χ0v) is 24.2. The minimum atomic E-state index is -0.847. The van der Waals surface area contributed by atoms with Crippen molar-refractivity contribution in [1.82, 2.24) is 50.8 Å². The first-order chi connectivity index (χ1) is 22.2. The monoisotopic (exact) mass is 640 g/mol. The first kappa shape index (κ1) is 28.6. The van der Waals surface area contributed by atoms with Crippen molar-refractivity contribution in [3.63, 3.8) is 0 Å². The molecule has 0 fully saturated rings. The van der Waals surface area contributed by atoms with Gasteiger partial charge in [-0.05, 0) is 71.2 Å². The lowest BCUT2D eigenvalue weighted by Gasteiger charge is -2.15. The largest absolute Gasteiger partial charge is 0.394 e. The summed E-state index contributed by atoms with van der Waals surface area (Å²) >= 11 is 5.29. The molecular weight excluding hydrogens is 619 g/mol. The van der Waals surface area contributed by atoms with Crippen LogP contribution in [-0.2, 0) is 13.0 Å². The maximum Gasteiger partial charge on any atom is 0.270 e. The van der Waals surface area contributed by atoms with Crippen LogP contribution < -0.4 is 32.5 Å². The SMILES string of the molecule is Nc1c(Nc2cc(CNC(=O)c3cc(C(=O)N[C@H]4CCc5cc(-c6nn[nH]n6)ccc54)nc4n[nH]c(=S)n34)ccc2F)c(=O)c1=O. The lowest BCUT2D eigenvalue weighted by atomic mass is 10.0. The molecule has 0 unspecified atom stereocenters. The first-order valence-corrected chi connectivity index (χ1v) is 14.2. The summed E-state index contributed by atoms with van der Waals surface area (Å²) in [5, 5.41) is 28.9. The molecule has 7 rings (SSSR count). The average Bonchev–Trinajstić information content (AvgIpc) is 3.83. The van der Waals surface area contributed by atoms with Gasteiger partial charge in [0, 0.05) is 12.1 Å². The van der Waals surface area contributed by atoms with E-state index in [9.17, 15) is 23.6 Å². The Balaban J connectivity index is 1.09. The minimum absolute atomic E-state index is 0.0116. The summed E-state index contributed by atoms with van der Waals surface area (Å²) < 4.78 is 15.8. The topological polar surface area (TPSA) is 231 Å². The molecule has 1 aliphatic carbocycles. The van der Waals surface area contributed by atoms with E-state index in [1.54, 1.807) is 0 Å². The molecule has 3 heterocycles. The zero-order chi connectivity index (χ0) is 32.1. The second-order valence-corrected chi connectivity index (χ2v) is 10.9. The summed E-state index contributed by atoms with van der Waals surface area (Å²) in [7, 11) is 0. The van der Waals surface area contributed by atoms with Gasteiger partial charge in [-0.3, -0.25) is 19.2 Å². The van der Waals surface area contributed by atoms with Crippen molar-refractivity contribution in [2.24, 2.45) is 0 Å². The van der Waals surface area contributed by atoms with Crippen molar-refractivity contribution in [2.75, 3.05) is 11.1 Å². The van der Waals surface area contributed by atoms with E-state index in [4.69, 9.17) is 18.0 Å². The van der Waals surface area contributed by atoms with Crippen molar-refractivity contribution in [2.45, 2.75) is 25.4 Å². The third-order valence-electron chi connectivity index (χ3n) is 7.68. The number of nitrogens with two attached hydrogens (primary N) is 1. The molecule has 3 aromatic carbocycles. The van der Waals surface area contributed by atoms with E-state index in [1.807, 2.05) is 18.2 Å². The highest BCUT2D eigenvalue weighted by molar-refractivity contribution is 7.71. The zero-order valence-electron chi connectivity index (χ0n) is 23.4. The molecule has 0 saturated carbocycles. The predicted molar refractivity (Wildman–Crippen MR) is 163 cm³/mol. The number of nitrogen functional groups attached to an aromatic ring is 1. The van der Waals surface area contributed by atoms with Crippen LogP contribution >= 0.6 is 12.2 Å². The van der Waals surface area contributed by atoms with Gasteiger partial charge >= 0.3 is 0 Å². The van der Waals surface area contributed by atoms with Gasteiger partial charge in [-0.15, -0.1) is 15.3 Å². The van der Waals surface area contributed by atoms with Crippen LogP contribution in [0.3, 0.4) is 0 Å². The van der Waals surface area contributed by atoms with Gasteiger partial charge in [0.15, 0.2) is 0 Å². The van der Waals surface area contributed by atoms with Crippen molar-refractivity contribution in [3.8, 4) is 11.4 Å². The highest BCUT2D eigenvalue weighted by Crippen LogP contribution is 2.33. The Kier molecular flexibility index (Phi) is 6.88. The fourth-order valence-corrected chi connectivity index (χ4v) is 5.57. The van der Waals surface area contributed by atoms with E-state index in [2.05, 4.69) is 51.8 Å². The Hall–Kier alpha value is -6.17. The summed E-state index contributed by atoms with van der Waals surface area (Å²) in [4.78, 5) is 54.3. The van der Waals surface area contributed by atoms with Gasteiger partial charge in [0.05, 0.1) is 11.7 Å². The van der Waals surface area contributed by atoms with E-state index in [1.165, 1.54) is 22.6 Å². The highest BCUT2D eigenvalue weighted by atomic mass is 32.1. The summed E-state index contributed by atoms with van der Waals surface area (Å²) in [6.45, 7) is -0.0730. The van der Waals surface area contributed by atoms with E-state index in [0.29, 0.717) is 17.8 Å². The Bertz CT molecular complexity index is 2320. The van der Waals surface area contributed by atoms with Crippen molar-refractivity contribution < 1.29 is 14.0 Å². The van der Waals surface area contributed by atoms with Crippen LogP contribution in [0.5, 0.6) is 0 Å². The number of aromatic nitrogens is 8. The number of rotatable bonds is 8. The van der Waals surface area contributed by atoms with Crippen LogP contribution in [0.25, 0.3) is 17.2 Å². The normalized spacial score (nSPS) is 14.0. The summed E-state index contributed by atoms with van der Waals surface area (Å²) in [5.74, 6) is -1.35. The standard InChI is InChI=1S/C28H21FN12O4S/c29-15-5-1-11(7-17(15)32-21-20(30)22(42)23(21)43)10-31-26(45)19-9-18(34-27-37-38-28(46)41(19)27)25(44)33-16-6-3-12-8-13(2-4-14(12)16)24-35-39-40-36-24/h1-2,4-5,7-9,16,32H,3,6,10,30H2,(H,31,45)(H,33,44)(H,38,46)(H,35,36,39,40)/t16-/m0/s1. The first-order valence-electron chi connectivity index (χ1n) is 13.8. The van der Waals surface area contributed by atoms with E-state index >= 15 is 0 Å². The van der Waals surface area contributed by atoms with E-state index in [0.717, 1.165) is 29.2 Å². The molecule has 0 aliphatic heterocycles. The molecule has 0 spiro atoms. The Morgan fingerprint density at radius 3 is 2.72 bits per heavy atom. The van der Waals surface area contributed by atoms with Gasteiger partial charge in [0.1, 0.15) is 28.6 Å². The van der Waals surface area contributed by atoms with E-state index < -0.39 is 28.5 Å². The number of H-pyrrole nitrogens is 2. The number of hydrogen-bond acceptors (Lipinski definition) is 12. The van der Waals surface area contributed by atoms with Gasteiger partial charge in [-0.1, -0.05) is 18.2 Å². The highest BCUT2D eigenvalue weighted by Gasteiger charge is 2.27. The number of carbonyl (C=O) groups is 2. The molecule has 16 nitrogen and oxygen atoms in total. The molecule has 1 aliphatic rings. The van der Waals surface area contributed by atoms with Gasteiger partial charge in [0.2, 0.25) is 10.6 Å². The Morgan fingerprint density at radius 1 is 1.09 bits per heavy atom. The summed E-state index contributed by atoms with van der Waals surface area (Å²) in [6, 6.07) is 10.7. The van der Waals surface area contributed by atoms with Crippen molar-refractivity contribution in [1.29, 1.82) is 0 Å². The second-order valence-electron chi connectivity index (χ2n) is 10.5. The molecule has 1 atom stereocenters. The number of aromatic amines is 2. The number of amides is 2. The van der Waals surface area contributed by atoms with Crippen molar-refractivity contribution >= 4 is 46.9 Å². The molecular formula is C28H21FN12O4S. The van der Waals surface area contributed by atoms with Crippen LogP contribution in [0, 0.1) is 10.6 Å². The summed E-state index contributed by atoms with van der Waals surface area (Å²) in [5.41, 5.74) is 6.44. The molecule has 0 bridgehead atoms. The predicted octanol–water partition coefficient (Wildman–Crippen LogP) is 1.38. The third kappa shape index (κ3) is 4.95. The smallest absolute Gasteiger partial charge is 0.270 e. The third-order valence-corrected chi connectivity index (χ3v) is 7.95. The molecule has 3 aromatic heterocycles. The second kappa shape index (κ2) is 11.1. The van der Waals surface area contributed by atoms with Gasteiger partial charge in [-0.2, -0.15) is 5.21 Å².